The minimum Gasteiger partial charge on any atom is -0.198 e. The summed E-state index contributed by atoms with van der Waals surface area (Å²) < 4.78 is 0. The minimum atomic E-state index is 0.217. The van der Waals surface area contributed by atoms with Crippen LogP contribution in [0.1, 0.15) is 57.6 Å². The highest BCUT2D eigenvalue weighted by Gasteiger charge is 2.13. The maximum Gasteiger partial charge on any atom is 0.0621 e. The molecule has 0 aliphatic rings. The van der Waals surface area contributed by atoms with E-state index in [1.165, 1.54) is 11.1 Å². The number of hydrogen-bond acceptors (Lipinski definition) is 1. The maximum absolute atomic E-state index is 8.56. The second kappa shape index (κ2) is 5.16. The highest BCUT2D eigenvalue weighted by atomic mass is 14.2. The number of nitriles is 1. The van der Waals surface area contributed by atoms with Crippen LogP contribution in [-0.2, 0) is 5.41 Å². The SMILES string of the molecule is CC(CCC#N)c1ccc(C(C)(C)C)cc1. The van der Waals surface area contributed by atoms with E-state index in [9.17, 15) is 0 Å². The van der Waals surface area contributed by atoms with Crippen LogP contribution in [0.3, 0.4) is 0 Å². The van der Waals surface area contributed by atoms with Gasteiger partial charge in [-0.15, -0.1) is 0 Å². The van der Waals surface area contributed by atoms with E-state index < -0.39 is 0 Å². The predicted octanol–water partition coefficient (Wildman–Crippen LogP) is 4.39. The van der Waals surface area contributed by atoms with Crippen molar-refractivity contribution in [1.82, 2.24) is 0 Å². The molecule has 0 N–H and O–H groups in total. The molecule has 0 heterocycles. The third kappa shape index (κ3) is 3.38. The van der Waals surface area contributed by atoms with Gasteiger partial charge in [0.1, 0.15) is 0 Å². The molecule has 1 unspecified atom stereocenters. The molecule has 0 spiro atoms. The van der Waals surface area contributed by atoms with Gasteiger partial charge in [0.15, 0.2) is 0 Å². The summed E-state index contributed by atoms with van der Waals surface area (Å²) in [5.74, 6) is 0.480. The smallest absolute Gasteiger partial charge is 0.0621 e. The van der Waals surface area contributed by atoms with Crippen molar-refractivity contribution in [3.63, 3.8) is 0 Å². The monoisotopic (exact) mass is 215 g/mol. The van der Waals surface area contributed by atoms with Crippen LogP contribution in [0.25, 0.3) is 0 Å². The summed E-state index contributed by atoms with van der Waals surface area (Å²) >= 11 is 0. The molecule has 1 aromatic rings. The quantitative estimate of drug-likeness (QED) is 0.733. The number of rotatable bonds is 3. The first-order valence-electron chi connectivity index (χ1n) is 5.92. The molecule has 0 bridgehead atoms. The number of nitrogens with zero attached hydrogens (tertiary/aromatic N) is 1. The number of benzene rings is 1. The van der Waals surface area contributed by atoms with Crippen LogP contribution in [0.2, 0.25) is 0 Å². The lowest BCUT2D eigenvalue weighted by Gasteiger charge is -2.20. The molecule has 0 amide bonds. The van der Waals surface area contributed by atoms with E-state index in [1.54, 1.807) is 0 Å². The minimum absolute atomic E-state index is 0.217. The Kier molecular flexibility index (Phi) is 4.12. The first-order chi connectivity index (χ1) is 7.45. The van der Waals surface area contributed by atoms with Gasteiger partial charge < -0.3 is 0 Å². The molecule has 0 aliphatic heterocycles. The Morgan fingerprint density at radius 1 is 1.19 bits per heavy atom. The molecule has 1 aromatic carbocycles. The Hall–Kier alpha value is -1.29. The summed E-state index contributed by atoms with van der Waals surface area (Å²) in [7, 11) is 0. The summed E-state index contributed by atoms with van der Waals surface area (Å²) in [6.45, 7) is 8.85. The van der Waals surface area contributed by atoms with Crippen LogP contribution in [0.15, 0.2) is 24.3 Å². The Bertz CT molecular complexity index is 362. The van der Waals surface area contributed by atoms with E-state index in [2.05, 4.69) is 58.0 Å². The normalized spacial score (nSPS) is 13.2. The van der Waals surface area contributed by atoms with Gasteiger partial charge in [-0.3, -0.25) is 0 Å². The highest BCUT2D eigenvalue weighted by molar-refractivity contribution is 5.29. The molecular formula is C15H21N. The lowest BCUT2D eigenvalue weighted by atomic mass is 9.85. The molecule has 0 aliphatic carbocycles. The van der Waals surface area contributed by atoms with Gasteiger partial charge in [-0.2, -0.15) is 5.26 Å². The molecule has 1 atom stereocenters. The van der Waals surface area contributed by atoms with E-state index in [0.717, 1.165) is 6.42 Å². The second-order valence-corrected chi connectivity index (χ2v) is 5.47. The summed E-state index contributed by atoms with van der Waals surface area (Å²) in [4.78, 5) is 0. The predicted molar refractivity (Wildman–Crippen MR) is 68.4 cm³/mol. The Balaban J connectivity index is 2.76. The van der Waals surface area contributed by atoms with Gasteiger partial charge in [0.05, 0.1) is 6.07 Å². The maximum atomic E-state index is 8.56. The largest absolute Gasteiger partial charge is 0.198 e. The molecule has 0 aromatic heterocycles. The van der Waals surface area contributed by atoms with Crippen LogP contribution in [-0.4, -0.2) is 0 Å². The van der Waals surface area contributed by atoms with Crippen molar-refractivity contribution in [2.75, 3.05) is 0 Å². The zero-order valence-corrected chi connectivity index (χ0v) is 10.7. The molecule has 0 fully saturated rings. The van der Waals surface area contributed by atoms with Gasteiger partial charge in [0, 0.05) is 6.42 Å². The van der Waals surface area contributed by atoms with Gasteiger partial charge in [-0.1, -0.05) is 52.0 Å². The molecule has 86 valence electrons. The van der Waals surface area contributed by atoms with E-state index in [0.29, 0.717) is 12.3 Å². The Morgan fingerprint density at radius 2 is 1.75 bits per heavy atom. The third-order valence-corrected chi connectivity index (χ3v) is 3.03. The van der Waals surface area contributed by atoms with Crippen molar-refractivity contribution in [3.05, 3.63) is 35.4 Å². The van der Waals surface area contributed by atoms with Crippen LogP contribution in [0, 0.1) is 11.3 Å². The standard InChI is InChI=1S/C15H21N/c1-12(6-5-11-16)13-7-9-14(10-8-13)15(2,3)4/h7-10,12H,5-6H2,1-4H3. The topological polar surface area (TPSA) is 23.8 Å². The average Bonchev–Trinajstić information content (AvgIpc) is 2.25. The fourth-order valence-corrected chi connectivity index (χ4v) is 1.76. The van der Waals surface area contributed by atoms with Crippen molar-refractivity contribution in [3.8, 4) is 6.07 Å². The Morgan fingerprint density at radius 3 is 2.19 bits per heavy atom. The van der Waals surface area contributed by atoms with Crippen molar-refractivity contribution in [2.45, 2.75) is 51.9 Å². The van der Waals surface area contributed by atoms with E-state index in [-0.39, 0.29) is 5.41 Å². The summed E-state index contributed by atoms with van der Waals surface area (Å²) in [6.07, 6.45) is 1.59. The average molecular weight is 215 g/mol. The lowest BCUT2D eigenvalue weighted by Crippen LogP contribution is -2.10. The fraction of sp³-hybridized carbons (Fsp3) is 0.533. The van der Waals surface area contributed by atoms with Crippen LogP contribution >= 0.6 is 0 Å². The molecular weight excluding hydrogens is 194 g/mol. The zero-order chi connectivity index (χ0) is 12.2. The Labute approximate surface area is 99.1 Å². The molecule has 1 rings (SSSR count). The zero-order valence-electron chi connectivity index (χ0n) is 10.7. The summed E-state index contributed by atoms with van der Waals surface area (Å²) in [5.41, 5.74) is 2.92. The fourth-order valence-electron chi connectivity index (χ4n) is 1.76. The number of hydrogen-bond donors (Lipinski definition) is 0. The molecule has 1 heteroatoms. The molecule has 0 radical (unpaired) electrons. The lowest BCUT2D eigenvalue weighted by molar-refractivity contribution is 0.589. The highest BCUT2D eigenvalue weighted by Crippen LogP contribution is 2.26. The van der Waals surface area contributed by atoms with Gasteiger partial charge in [-0.05, 0) is 28.9 Å². The molecule has 0 saturated carbocycles. The van der Waals surface area contributed by atoms with Gasteiger partial charge in [-0.25, -0.2) is 0 Å². The first-order valence-corrected chi connectivity index (χ1v) is 5.92. The molecule has 1 nitrogen and oxygen atoms in total. The van der Waals surface area contributed by atoms with E-state index in [1.807, 2.05) is 0 Å². The first kappa shape index (κ1) is 12.8. The molecule has 16 heavy (non-hydrogen) atoms. The van der Waals surface area contributed by atoms with E-state index >= 15 is 0 Å². The van der Waals surface area contributed by atoms with E-state index in [4.69, 9.17) is 5.26 Å². The second-order valence-electron chi connectivity index (χ2n) is 5.47. The summed E-state index contributed by atoms with van der Waals surface area (Å²) in [5, 5.41) is 8.56. The van der Waals surface area contributed by atoms with Gasteiger partial charge in [0.2, 0.25) is 0 Å². The summed E-state index contributed by atoms with van der Waals surface area (Å²) in [6, 6.07) is 11.0. The van der Waals surface area contributed by atoms with Crippen molar-refractivity contribution in [1.29, 1.82) is 5.26 Å². The van der Waals surface area contributed by atoms with Crippen molar-refractivity contribution >= 4 is 0 Å². The van der Waals surface area contributed by atoms with Crippen LogP contribution < -0.4 is 0 Å². The van der Waals surface area contributed by atoms with Gasteiger partial charge >= 0.3 is 0 Å². The van der Waals surface area contributed by atoms with Gasteiger partial charge in [0.25, 0.3) is 0 Å². The van der Waals surface area contributed by atoms with Crippen LogP contribution in [0.4, 0.5) is 0 Å². The van der Waals surface area contributed by atoms with Crippen molar-refractivity contribution < 1.29 is 0 Å². The molecule has 0 saturated heterocycles. The third-order valence-electron chi connectivity index (χ3n) is 3.03. The van der Waals surface area contributed by atoms with Crippen LogP contribution in [0.5, 0.6) is 0 Å². The van der Waals surface area contributed by atoms with Crippen molar-refractivity contribution in [2.24, 2.45) is 0 Å².